The highest BCUT2D eigenvalue weighted by Crippen LogP contribution is 2.38. The molecule has 1 N–H and O–H groups in total. The van der Waals surface area contributed by atoms with Crippen molar-refractivity contribution < 1.29 is 4.79 Å². The lowest BCUT2D eigenvalue weighted by molar-refractivity contribution is 0.0950. The molecule has 1 rings (SSSR count). The molecular formula is C9H7Br3ClNO. The molecule has 0 saturated heterocycles. The molecule has 0 spiro atoms. The maximum atomic E-state index is 11.6. The molecule has 1 aromatic rings. The summed E-state index contributed by atoms with van der Waals surface area (Å²) in [5, 5.41) is 2.62. The Labute approximate surface area is 118 Å². The summed E-state index contributed by atoms with van der Waals surface area (Å²) in [4.78, 5) is 11.6. The molecule has 1 amide bonds. The van der Waals surface area contributed by atoms with Crippen LogP contribution in [-0.4, -0.2) is 13.6 Å². The summed E-state index contributed by atoms with van der Waals surface area (Å²) in [6.45, 7) is 0. The molecule has 0 aromatic heterocycles. The van der Waals surface area contributed by atoms with Gasteiger partial charge in [0.1, 0.15) is 5.50 Å². The third-order valence-electron chi connectivity index (χ3n) is 1.58. The van der Waals surface area contributed by atoms with Crippen molar-refractivity contribution >= 4 is 65.3 Å². The zero-order valence-electron chi connectivity index (χ0n) is 7.38. The normalized spacial score (nSPS) is 13.3. The van der Waals surface area contributed by atoms with E-state index in [-0.39, 0.29) is 5.91 Å². The third kappa shape index (κ3) is 4.43. The Morgan fingerprint density at radius 1 is 1.27 bits per heavy atom. The molecule has 1 unspecified atom stereocenters. The standard InChI is InChI=1S/C9H7Br3ClNO/c10-9(11,12)8(13)14-7(15)6-4-2-1-3-5-6/h1-5,8H,(H,14,15). The highest BCUT2D eigenvalue weighted by atomic mass is 80.0. The van der Waals surface area contributed by atoms with E-state index in [1.165, 1.54) is 0 Å². The van der Waals surface area contributed by atoms with Gasteiger partial charge in [-0.05, 0) is 12.1 Å². The maximum absolute atomic E-state index is 11.6. The van der Waals surface area contributed by atoms with Crippen LogP contribution in [-0.2, 0) is 0 Å². The van der Waals surface area contributed by atoms with Crippen LogP contribution < -0.4 is 5.32 Å². The van der Waals surface area contributed by atoms with Crippen LogP contribution in [0.1, 0.15) is 10.4 Å². The summed E-state index contributed by atoms with van der Waals surface area (Å²) >= 11 is 15.6. The first kappa shape index (κ1) is 13.5. The fourth-order valence-corrected chi connectivity index (χ4v) is 1.31. The van der Waals surface area contributed by atoms with Crippen molar-refractivity contribution in [1.82, 2.24) is 5.32 Å². The summed E-state index contributed by atoms with van der Waals surface area (Å²) in [7, 11) is 0. The first-order chi connectivity index (χ1) is 6.91. The average Bonchev–Trinajstić information content (AvgIpc) is 2.17. The average molecular weight is 420 g/mol. The van der Waals surface area contributed by atoms with Crippen LogP contribution in [0.15, 0.2) is 30.3 Å². The quantitative estimate of drug-likeness (QED) is 0.572. The van der Waals surface area contributed by atoms with Gasteiger partial charge in [-0.2, -0.15) is 0 Å². The SMILES string of the molecule is O=C(NC(Cl)C(Br)(Br)Br)c1ccccc1. The van der Waals surface area contributed by atoms with E-state index in [0.717, 1.165) is 0 Å². The van der Waals surface area contributed by atoms with E-state index >= 15 is 0 Å². The lowest BCUT2D eigenvalue weighted by Gasteiger charge is -2.20. The van der Waals surface area contributed by atoms with Crippen LogP contribution in [0.2, 0.25) is 0 Å². The molecular weight excluding hydrogens is 413 g/mol. The molecule has 0 bridgehead atoms. The van der Waals surface area contributed by atoms with Crippen LogP contribution in [0.4, 0.5) is 0 Å². The first-order valence-electron chi connectivity index (χ1n) is 3.98. The van der Waals surface area contributed by atoms with Gasteiger partial charge in [0.05, 0.1) is 0 Å². The number of rotatable bonds is 2. The van der Waals surface area contributed by atoms with Gasteiger partial charge in [-0.15, -0.1) is 0 Å². The van der Waals surface area contributed by atoms with E-state index in [0.29, 0.717) is 5.56 Å². The van der Waals surface area contributed by atoms with Crippen molar-refractivity contribution in [2.45, 2.75) is 7.64 Å². The summed E-state index contributed by atoms with van der Waals surface area (Å²) in [6, 6.07) is 8.87. The van der Waals surface area contributed by atoms with E-state index in [1.807, 2.05) is 6.07 Å². The molecule has 0 heterocycles. The molecule has 82 valence electrons. The van der Waals surface area contributed by atoms with Gasteiger partial charge < -0.3 is 5.32 Å². The number of hydrogen-bond donors (Lipinski definition) is 1. The lowest BCUT2D eigenvalue weighted by Crippen LogP contribution is -2.38. The third-order valence-corrected chi connectivity index (χ3v) is 4.18. The Bertz CT molecular complexity index is 339. The minimum absolute atomic E-state index is 0.224. The number of amides is 1. The van der Waals surface area contributed by atoms with Gasteiger partial charge in [0.25, 0.3) is 5.91 Å². The highest BCUT2D eigenvalue weighted by Gasteiger charge is 2.30. The van der Waals surface area contributed by atoms with Crippen molar-refractivity contribution in [3.63, 3.8) is 0 Å². The molecule has 0 saturated carbocycles. The van der Waals surface area contributed by atoms with E-state index in [4.69, 9.17) is 11.6 Å². The molecule has 0 radical (unpaired) electrons. The molecule has 6 heteroatoms. The predicted octanol–water partition coefficient (Wildman–Crippen LogP) is 3.82. The Balaban J connectivity index is 2.65. The second-order valence-electron chi connectivity index (χ2n) is 2.74. The maximum Gasteiger partial charge on any atom is 0.252 e. The minimum Gasteiger partial charge on any atom is -0.333 e. The van der Waals surface area contributed by atoms with Crippen LogP contribution in [0.25, 0.3) is 0 Å². The largest absolute Gasteiger partial charge is 0.333 e. The molecule has 1 atom stereocenters. The molecule has 0 fully saturated rings. The van der Waals surface area contributed by atoms with Crippen LogP contribution >= 0.6 is 59.4 Å². The first-order valence-corrected chi connectivity index (χ1v) is 6.79. The number of carbonyl (C=O) groups is 1. The minimum atomic E-state index is -0.709. The van der Waals surface area contributed by atoms with Gasteiger partial charge in [0.2, 0.25) is 0 Å². The fourth-order valence-electron chi connectivity index (χ4n) is 0.870. The van der Waals surface area contributed by atoms with Crippen molar-refractivity contribution in [2.75, 3.05) is 0 Å². The summed E-state index contributed by atoms with van der Waals surface area (Å²) < 4.78 is -0.709. The Morgan fingerprint density at radius 2 is 1.80 bits per heavy atom. The van der Waals surface area contributed by atoms with Gasteiger partial charge in [-0.3, -0.25) is 4.79 Å². The Kier molecular flexibility index (Phi) is 5.09. The lowest BCUT2D eigenvalue weighted by atomic mass is 10.2. The fraction of sp³-hybridized carbons (Fsp3) is 0.222. The van der Waals surface area contributed by atoms with E-state index in [1.54, 1.807) is 24.3 Å². The second-order valence-corrected chi connectivity index (χ2v) is 10.1. The molecule has 15 heavy (non-hydrogen) atoms. The number of hydrogen-bond acceptors (Lipinski definition) is 1. The van der Waals surface area contributed by atoms with E-state index < -0.39 is 7.64 Å². The van der Waals surface area contributed by atoms with Gasteiger partial charge in [-0.1, -0.05) is 77.6 Å². The molecule has 1 aromatic carbocycles. The molecule has 0 aliphatic heterocycles. The van der Waals surface area contributed by atoms with Crippen molar-refractivity contribution in [2.24, 2.45) is 0 Å². The van der Waals surface area contributed by atoms with Crippen molar-refractivity contribution in [3.8, 4) is 0 Å². The van der Waals surface area contributed by atoms with E-state index in [2.05, 4.69) is 53.1 Å². The number of nitrogens with one attached hydrogen (secondary N) is 1. The van der Waals surface area contributed by atoms with Crippen LogP contribution in [0.3, 0.4) is 0 Å². The van der Waals surface area contributed by atoms with Gasteiger partial charge in [-0.25, -0.2) is 0 Å². The number of carbonyl (C=O) groups excluding carboxylic acids is 1. The predicted molar refractivity (Wildman–Crippen MR) is 73.1 cm³/mol. The Hall–Kier alpha value is 0.420. The topological polar surface area (TPSA) is 29.1 Å². The molecule has 2 nitrogen and oxygen atoms in total. The number of benzene rings is 1. The number of alkyl halides is 4. The molecule has 0 aliphatic carbocycles. The summed E-state index contributed by atoms with van der Waals surface area (Å²) in [5.74, 6) is -0.224. The summed E-state index contributed by atoms with van der Waals surface area (Å²) in [5.41, 5.74) is -0.0508. The number of halogens is 4. The van der Waals surface area contributed by atoms with Crippen LogP contribution in [0.5, 0.6) is 0 Å². The second kappa shape index (κ2) is 5.66. The Morgan fingerprint density at radius 3 is 2.27 bits per heavy atom. The van der Waals surface area contributed by atoms with Crippen LogP contribution in [0, 0.1) is 0 Å². The smallest absolute Gasteiger partial charge is 0.252 e. The zero-order chi connectivity index (χ0) is 11.5. The van der Waals surface area contributed by atoms with Gasteiger partial charge in [0, 0.05) is 5.56 Å². The monoisotopic (exact) mass is 417 g/mol. The van der Waals surface area contributed by atoms with Crippen molar-refractivity contribution in [3.05, 3.63) is 35.9 Å². The van der Waals surface area contributed by atoms with Gasteiger partial charge >= 0.3 is 0 Å². The van der Waals surface area contributed by atoms with Gasteiger partial charge in [0.15, 0.2) is 2.14 Å². The molecule has 0 aliphatic rings. The van der Waals surface area contributed by atoms with E-state index in [9.17, 15) is 4.79 Å². The zero-order valence-corrected chi connectivity index (χ0v) is 12.9. The highest BCUT2D eigenvalue weighted by molar-refractivity contribution is 9.39. The summed E-state index contributed by atoms with van der Waals surface area (Å²) in [6.07, 6.45) is 0. The van der Waals surface area contributed by atoms with Crippen molar-refractivity contribution in [1.29, 1.82) is 0 Å².